The van der Waals surface area contributed by atoms with Crippen molar-refractivity contribution in [3.05, 3.63) is 48.6 Å². The number of rotatable bonds is 31. The van der Waals surface area contributed by atoms with Crippen LogP contribution in [0.25, 0.3) is 0 Å². The van der Waals surface area contributed by atoms with Crippen molar-refractivity contribution in [2.24, 2.45) is 5.92 Å². The van der Waals surface area contributed by atoms with E-state index >= 15 is 0 Å². The molecule has 42 heavy (non-hydrogen) atoms. The van der Waals surface area contributed by atoms with E-state index in [1.165, 1.54) is 128 Å². The fourth-order valence-corrected chi connectivity index (χ4v) is 5.27. The number of carbonyl (C=O) groups excluding carboxylic acids is 1. The molecule has 0 aliphatic rings. The lowest BCUT2D eigenvalue weighted by atomic mass is 9.94. The van der Waals surface area contributed by atoms with Crippen molar-refractivity contribution in [2.45, 2.75) is 162 Å². The number of allylic oxidation sites excluding steroid dienone is 8. The first kappa shape index (κ1) is 40.4. The van der Waals surface area contributed by atoms with Gasteiger partial charge in [0.2, 0.25) is 5.91 Å². The lowest BCUT2D eigenvalue weighted by Gasteiger charge is -2.18. The van der Waals surface area contributed by atoms with Gasteiger partial charge in [-0.25, -0.2) is 0 Å². The Morgan fingerprint density at radius 1 is 0.619 bits per heavy atom. The fourth-order valence-electron chi connectivity index (χ4n) is 5.27. The monoisotopic (exact) mass is 585 g/mol. The van der Waals surface area contributed by atoms with Crippen molar-refractivity contribution in [2.75, 3.05) is 27.2 Å². The molecule has 0 fully saturated rings. The Morgan fingerprint density at radius 3 is 1.55 bits per heavy atom. The number of hydrogen-bond acceptors (Lipinski definition) is 2. The van der Waals surface area contributed by atoms with Gasteiger partial charge in [-0.2, -0.15) is 0 Å². The summed E-state index contributed by atoms with van der Waals surface area (Å²) in [5, 5.41) is 3.25. The predicted octanol–water partition coefficient (Wildman–Crippen LogP) is 11.5. The predicted molar refractivity (Wildman–Crippen MR) is 189 cm³/mol. The summed E-state index contributed by atoms with van der Waals surface area (Å²) in [5.41, 5.74) is 0. The summed E-state index contributed by atoms with van der Waals surface area (Å²) in [7, 11) is 4.06. The van der Waals surface area contributed by atoms with Crippen molar-refractivity contribution in [3.8, 4) is 0 Å². The quantitative estimate of drug-likeness (QED) is 0.0649. The summed E-state index contributed by atoms with van der Waals surface area (Å²) in [6, 6.07) is 0. The van der Waals surface area contributed by atoms with E-state index in [0.29, 0.717) is 12.3 Å². The molecule has 1 atom stereocenters. The molecule has 0 aromatic rings. The number of amides is 1. The molecule has 1 amide bonds. The van der Waals surface area contributed by atoms with Crippen molar-refractivity contribution in [1.82, 2.24) is 10.2 Å². The molecular formula is C39H72N2O. The molecule has 0 saturated heterocycles. The zero-order chi connectivity index (χ0) is 30.8. The standard InChI is InChI=1S/C39H72N2O/c1-5-7-9-11-13-15-17-19-20-21-22-24-26-28-30-32-34-38(37-40-39(42)35-36-41(3)4)33-31-29-27-25-23-18-16-14-12-10-8-6-2/h6,8,12-15,19-20,38H,5,7,9-11,16-18,21-37H2,1-4H3,(H,40,42)/b8-6-,14-12-,15-13-,20-19-. The maximum atomic E-state index is 12.3. The second-order valence-corrected chi connectivity index (χ2v) is 12.6. The third-order valence-electron chi connectivity index (χ3n) is 8.09. The van der Waals surface area contributed by atoms with Gasteiger partial charge in [0.1, 0.15) is 0 Å². The molecule has 0 spiro atoms. The summed E-state index contributed by atoms with van der Waals surface area (Å²) in [6.45, 7) is 6.04. The highest BCUT2D eigenvalue weighted by atomic mass is 16.1. The molecule has 3 nitrogen and oxygen atoms in total. The second-order valence-electron chi connectivity index (χ2n) is 12.6. The zero-order valence-electron chi connectivity index (χ0n) is 28.7. The van der Waals surface area contributed by atoms with Gasteiger partial charge in [-0.1, -0.05) is 133 Å². The second kappa shape index (κ2) is 33.9. The molecule has 0 aliphatic heterocycles. The maximum Gasteiger partial charge on any atom is 0.221 e. The average molecular weight is 585 g/mol. The lowest BCUT2D eigenvalue weighted by molar-refractivity contribution is -0.121. The van der Waals surface area contributed by atoms with Crippen LogP contribution < -0.4 is 5.32 Å². The molecule has 0 aromatic carbocycles. The van der Waals surface area contributed by atoms with Crippen molar-refractivity contribution in [1.29, 1.82) is 0 Å². The molecule has 244 valence electrons. The molecule has 0 aromatic heterocycles. The van der Waals surface area contributed by atoms with Crippen LogP contribution in [0.5, 0.6) is 0 Å². The Morgan fingerprint density at radius 2 is 1.07 bits per heavy atom. The summed E-state index contributed by atoms with van der Waals surface area (Å²) < 4.78 is 0. The number of nitrogens with zero attached hydrogens (tertiary/aromatic N) is 1. The highest BCUT2D eigenvalue weighted by molar-refractivity contribution is 5.76. The highest BCUT2D eigenvalue weighted by Crippen LogP contribution is 2.19. The molecule has 1 unspecified atom stereocenters. The van der Waals surface area contributed by atoms with Crippen molar-refractivity contribution >= 4 is 5.91 Å². The van der Waals surface area contributed by atoms with Gasteiger partial charge >= 0.3 is 0 Å². The Bertz CT molecular complexity index is 676. The molecule has 0 bridgehead atoms. The van der Waals surface area contributed by atoms with Gasteiger partial charge in [0.15, 0.2) is 0 Å². The van der Waals surface area contributed by atoms with Crippen molar-refractivity contribution in [3.63, 3.8) is 0 Å². The van der Waals surface area contributed by atoms with Crippen LogP contribution >= 0.6 is 0 Å². The van der Waals surface area contributed by atoms with E-state index in [2.05, 4.69) is 72.7 Å². The molecule has 0 radical (unpaired) electrons. The number of unbranched alkanes of at least 4 members (excludes halogenated alkanes) is 15. The molecular weight excluding hydrogens is 512 g/mol. The Labute approximate surface area is 263 Å². The smallest absolute Gasteiger partial charge is 0.221 e. The van der Waals surface area contributed by atoms with E-state index in [1.807, 2.05) is 14.1 Å². The molecule has 1 N–H and O–H groups in total. The van der Waals surface area contributed by atoms with Crippen LogP contribution in [0.2, 0.25) is 0 Å². The summed E-state index contributed by atoms with van der Waals surface area (Å²) in [5.74, 6) is 0.854. The van der Waals surface area contributed by atoms with Crippen LogP contribution in [0.3, 0.4) is 0 Å². The van der Waals surface area contributed by atoms with E-state index < -0.39 is 0 Å². The number of carbonyl (C=O) groups is 1. The normalized spacial score (nSPS) is 13.1. The van der Waals surface area contributed by atoms with Gasteiger partial charge in [-0.3, -0.25) is 4.79 Å². The number of hydrogen-bond donors (Lipinski definition) is 1. The van der Waals surface area contributed by atoms with Crippen LogP contribution in [0.15, 0.2) is 48.6 Å². The van der Waals surface area contributed by atoms with Crippen LogP contribution in [-0.4, -0.2) is 38.0 Å². The Kier molecular flexibility index (Phi) is 32.6. The molecule has 0 saturated carbocycles. The zero-order valence-corrected chi connectivity index (χ0v) is 28.7. The maximum absolute atomic E-state index is 12.3. The van der Waals surface area contributed by atoms with Crippen LogP contribution in [-0.2, 0) is 4.79 Å². The third-order valence-corrected chi connectivity index (χ3v) is 8.09. The first-order valence-corrected chi connectivity index (χ1v) is 18.1. The summed E-state index contributed by atoms with van der Waals surface area (Å²) in [4.78, 5) is 14.4. The van der Waals surface area contributed by atoms with Gasteiger partial charge < -0.3 is 10.2 Å². The fraction of sp³-hybridized carbons (Fsp3) is 0.769. The van der Waals surface area contributed by atoms with Gasteiger partial charge in [0.25, 0.3) is 0 Å². The van der Waals surface area contributed by atoms with E-state index in [0.717, 1.165) is 25.9 Å². The van der Waals surface area contributed by atoms with Crippen LogP contribution in [0, 0.1) is 5.92 Å². The van der Waals surface area contributed by atoms with E-state index in [1.54, 1.807) is 0 Å². The van der Waals surface area contributed by atoms with E-state index in [9.17, 15) is 4.79 Å². The van der Waals surface area contributed by atoms with Gasteiger partial charge in [0, 0.05) is 19.5 Å². The molecule has 0 aliphatic carbocycles. The van der Waals surface area contributed by atoms with E-state index in [-0.39, 0.29) is 5.91 Å². The summed E-state index contributed by atoms with van der Waals surface area (Å²) in [6.07, 6.45) is 47.4. The average Bonchev–Trinajstić information content (AvgIpc) is 2.98. The largest absolute Gasteiger partial charge is 0.356 e. The lowest BCUT2D eigenvalue weighted by Crippen LogP contribution is -2.31. The van der Waals surface area contributed by atoms with E-state index in [4.69, 9.17) is 0 Å². The minimum Gasteiger partial charge on any atom is -0.356 e. The van der Waals surface area contributed by atoms with Crippen molar-refractivity contribution < 1.29 is 4.79 Å². The summed E-state index contributed by atoms with van der Waals surface area (Å²) >= 11 is 0. The Hall–Kier alpha value is -1.61. The van der Waals surface area contributed by atoms with Crippen LogP contribution in [0.4, 0.5) is 0 Å². The molecule has 3 heteroatoms. The third kappa shape index (κ3) is 32.9. The minimum atomic E-state index is 0.213. The number of nitrogens with one attached hydrogen (secondary N) is 1. The van der Waals surface area contributed by atoms with Gasteiger partial charge in [-0.15, -0.1) is 0 Å². The van der Waals surface area contributed by atoms with Gasteiger partial charge in [-0.05, 0) is 91.1 Å². The Balaban J connectivity index is 4.00. The van der Waals surface area contributed by atoms with Gasteiger partial charge in [0.05, 0.1) is 0 Å². The topological polar surface area (TPSA) is 32.3 Å². The molecule has 0 rings (SSSR count). The molecule has 0 heterocycles. The highest BCUT2D eigenvalue weighted by Gasteiger charge is 2.11. The SMILES string of the molecule is C/C=C\C/C=C\CCCCCCCCC(CCCCCCCC/C=C\C/C=C\CCCCC)CNC(=O)CCN(C)C. The minimum absolute atomic E-state index is 0.213. The first-order valence-electron chi connectivity index (χ1n) is 18.1. The first-order chi connectivity index (χ1) is 20.6. The van der Waals surface area contributed by atoms with Crippen LogP contribution in [0.1, 0.15) is 162 Å².